The number of rotatable bonds is 5. The van der Waals surface area contributed by atoms with E-state index in [0.717, 1.165) is 15.3 Å². The fraction of sp³-hybridized carbons (Fsp3) is 0.278. The summed E-state index contributed by atoms with van der Waals surface area (Å²) in [5.41, 5.74) is 1.56. The Kier molecular flexibility index (Phi) is 4.96. The van der Waals surface area contributed by atoms with Gasteiger partial charge in [0.05, 0.1) is 23.9 Å². The summed E-state index contributed by atoms with van der Waals surface area (Å²) < 4.78 is 6.76. The standard InChI is InChI=1S/C18H18N2O3S2/c1-10(21)9-24-18-19-16-15(11(2)12(3)25-16)17(22)20(18)13-5-7-14(23-4)8-6-13/h5-8H,9H2,1-4H3. The van der Waals surface area contributed by atoms with Gasteiger partial charge in [0.25, 0.3) is 5.56 Å². The summed E-state index contributed by atoms with van der Waals surface area (Å²) >= 11 is 2.79. The molecule has 2 heterocycles. The van der Waals surface area contributed by atoms with Crippen LogP contribution in [0.1, 0.15) is 17.4 Å². The molecular formula is C18H18N2O3S2. The van der Waals surface area contributed by atoms with Gasteiger partial charge in [-0.3, -0.25) is 14.2 Å². The molecule has 0 saturated carbocycles. The second kappa shape index (κ2) is 7.01. The quantitative estimate of drug-likeness (QED) is 0.503. The van der Waals surface area contributed by atoms with Crippen molar-refractivity contribution in [2.75, 3.05) is 12.9 Å². The van der Waals surface area contributed by atoms with Crippen LogP contribution in [0, 0.1) is 13.8 Å². The van der Waals surface area contributed by atoms with Gasteiger partial charge in [-0.2, -0.15) is 0 Å². The molecule has 0 aliphatic heterocycles. The number of thioether (sulfide) groups is 1. The van der Waals surface area contributed by atoms with Crippen LogP contribution in [-0.2, 0) is 4.79 Å². The number of fused-ring (bicyclic) bond motifs is 1. The normalized spacial score (nSPS) is 11.0. The van der Waals surface area contributed by atoms with Crippen LogP contribution in [-0.4, -0.2) is 28.2 Å². The maximum atomic E-state index is 13.2. The number of methoxy groups -OCH3 is 1. The SMILES string of the molecule is COc1ccc(-n2c(SCC(C)=O)nc3sc(C)c(C)c3c2=O)cc1. The molecule has 0 unspecified atom stereocenters. The summed E-state index contributed by atoms with van der Waals surface area (Å²) in [6.07, 6.45) is 0. The summed E-state index contributed by atoms with van der Waals surface area (Å²) in [5, 5.41) is 1.17. The highest BCUT2D eigenvalue weighted by atomic mass is 32.2. The maximum absolute atomic E-state index is 13.2. The third kappa shape index (κ3) is 3.34. The van der Waals surface area contributed by atoms with E-state index in [1.807, 2.05) is 26.0 Å². The zero-order valence-corrected chi connectivity index (χ0v) is 16.1. The lowest BCUT2D eigenvalue weighted by Gasteiger charge is -2.12. The number of Topliss-reactive ketones (excluding diaryl/α,β-unsaturated/α-hetero) is 1. The second-order valence-electron chi connectivity index (χ2n) is 5.69. The van der Waals surface area contributed by atoms with Crippen LogP contribution < -0.4 is 10.3 Å². The van der Waals surface area contributed by atoms with Gasteiger partial charge in [-0.1, -0.05) is 11.8 Å². The fourth-order valence-electron chi connectivity index (χ4n) is 2.50. The zero-order valence-electron chi connectivity index (χ0n) is 14.5. The molecule has 2 aromatic heterocycles. The highest BCUT2D eigenvalue weighted by molar-refractivity contribution is 7.99. The third-order valence-corrected chi connectivity index (χ3v) is 6.09. The Hall–Kier alpha value is -2.12. The van der Waals surface area contributed by atoms with Crippen LogP contribution in [0.15, 0.2) is 34.2 Å². The van der Waals surface area contributed by atoms with E-state index in [2.05, 4.69) is 4.98 Å². The number of benzene rings is 1. The van der Waals surface area contributed by atoms with E-state index >= 15 is 0 Å². The van der Waals surface area contributed by atoms with Crippen molar-refractivity contribution in [3.05, 3.63) is 45.1 Å². The van der Waals surface area contributed by atoms with Crippen molar-refractivity contribution in [3.63, 3.8) is 0 Å². The van der Waals surface area contributed by atoms with Crippen LogP contribution in [0.25, 0.3) is 15.9 Å². The molecule has 1 aromatic carbocycles. The molecule has 0 aliphatic rings. The average Bonchev–Trinajstić information content (AvgIpc) is 2.87. The van der Waals surface area contributed by atoms with Crippen molar-refractivity contribution in [2.45, 2.75) is 25.9 Å². The van der Waals surface area contributed by atoms with E-state index in [4.69, 9.17) is 4.74 Å². The number of aryl methyl sites for hydroxylation is 2. The molecule has 0 N–H and O–H groups in total. The average molecular weight is 374 g/mol. The Morgan fingerprint density at radius 2 is 1.96 bits per heavy atom. The summed E-state index contributed by atoms with van der Waals surface area (Å²) in [7, 11) is 1.60. The number of nitrogens with zero attached hydrogens (tertiary/aromatic N) is 2. The summed E-state index contributed by atoms with van der Waals surface area (Å²) in [6, 6.07) is 7.24. The number of hydrogen-bond acceptors (Lipinski definition) is 6. The van der Waals surface area contributed by atoms with Gasteiger partial charge in [-0.05, 0) is 50.6 Å². The van der Waals surface area contributed by atoms with E-state index in [0.29, 0.717) is 22.0 Å². The Morgan fingerprint density at radius 3 is 2.56 bits per heavy atom. The Morgan fingerprint density at radius 1 is 1.28 bits per heavy atom. The lowest BCUT2D eigenvalue weighted by atomic mass is 10.2. The van der Waals surface area contributed by atoms with E-state index in [9.17, 15) is 9.59 Å². The van der Waals surface area contributed by atoms with E-state index in [1.165, 1.54) is 30.0 Å². The molecule has 130 valence electrons. The van der Waals surface area contributed by atoms with Crippen molar-refractivity contribution >= 4 is 39.1 Å². The monoisotopic (exact) mass is 374 g/mol. The molecule has 25 heavy (non-hydrogen) atoms. The smallest absolute Gasteiger partial charge is 0.267 e. The largest absolute Gasteiger partial charge is 0.497 e. The first-order chi connectivity index (χ1) is 11.9. The first kappa shape index (κ1) is 17.7. The molecule has 0 spiro atoms. The van der Waals surface area contributed by atoms with Crippen molar-refractivity contribution in [1.29, 1.82) is 0 Å². The molecule has 0 bridgehead atoms. The highest BCUT2D eigenvalue weighted by Crippen LogP contribution is 2.29. The van der Waals surface area contributed by atoms with Crippen LogP contribution in [0.3, 0.4) is 0 Å². The Balaban J connectivity index is 2.26. The third-order valence-electron chi connectivity index (χ3n) is 3.91. The molecule has 0 radical (unpaired) electrons. The van der Waals surface area contributed by atoms with Crippen LogP contribution in [0.5, 0.6) is 5.75 Å². The van der Waals surface area contributed by atoms with Gasteiger partial charge in [-0.25, -0.2) is 4.98 Å². The number of hydrogen-bond donors (Lipinski definition) is 0. The van der Waals surface area contributed by atoms with Crippen LogP contribution in [0.4, 0.5) is 0 Å². The minimum atomic E-state index is -0.108. The predicted molar refractivity (Wildman–Crippen MR) is 103 cm³/mol. The second-order valence-corrected chi connectivity index (χ2v) is 7.83. The van der Waals surface area contributed by atoms with Crippen LogP contribution >= 0.6 is 23.1 Å². The minimum Gasteiger partial charge on any atom is -0.497 e. The fourth-order valence-corrected chi connectivity index (χ4v) is 4.38. The molecule has 0 amide bonds. The Labute approximate surface area is 153 Å². The molecule has 0 saturated heterocycles. The Bertz CT molecular complexity index is 1000. The number of thiophene rings is 1. The lowest BCUT2D eigenvalue weighted by molar-refractivity contribution is -0.114. The maximum Gasteiger partial charge on any atom is 0.267 e. The van der Waals surface area contributed by atoms with Crippen molar-refractivity contribution in [1.82, 2.24) is 9.55 Å². The topological polar surface area (TPSA) is 61.2 Å². The number of carbonyl (C=O) groups is 1. The highest BCUT2D eigenvalue weighted by Gasteiger charge is 2.18. The first-order valence-corrected chi connectivity index (χ1v) is 9.52. The summed E-state index contributed by atoms with van der Waals surface area (Å²) in [4.78, 5) is 31.1. The molecule has 0 aliphatic carbocycles. The van der Waals surface area contributed by atoms with Gasteiger partial charge in [0.1, 0.15) is 16.4 Å². The molecule has 3 rings (SSSR count). The minimum absolute atomic E-state index is 0.0409. The van der Waals surface area contributed by atoms with Gasteiger partial charge >= 0.3 is 0 Å². The van der Waals surface area contributed by atoms with Gasteiger partial charge in [0.15, 0.2) is 5.16 Å². The number of ether oxygens (including phenoxy) is 1. The van der Waals surface area contributed by atoms with Gasteiger partial charge < -0.3 is 4.74 Å². The molecule has 0 fully saturated rings. The summed E-state index contributed by atoms with van der Waals surface area (Å²) in [6.45, 7) is 5.46. The molecule has 7 heteroatoms. The molecular weight excluding hydrogens is 356 g/mol. The van der Waals surface area contributed by atoms with Gasteiger partial charge in [-0.15, -0.1) is 11.3 Å². The van der Waals surface area contributed by atoms with Crippen molar-refractivity contribution < 1.29 is 9.53 Å². The van der Waals surface area contributed by atoms with Crippen molar-refractivity contribution in [3.8, 4) is 11.4 Å². The number of aromatic nitrogens is 2. The predicted octanol–water partition coefficient (Wildman–Crippen LogP) is 3.75. The summed E-state index contributed by atoms with van der Waals surface area (Å²) in [5.74, 6) is 1.03. The molecule has 0 atom stereocenters. The first-order valence-electron chi connectivity index (χ1n) is 7.71. The van der Waals surface area contributed by atoms with Gasteiger partial charge in [0.2, 0.25) is 0 Å². The van der Waals surface area contributed by atoms with Crippen LogP contribution in [0.2, 0.25) is 0 Å². The molecule has 5 nitrogen and oxygen atoms in total. The van der Waals surface area contributed by atoms with Gasteiger partial charge in [0, 0.05) is 4.88 Å². The number of carbonyl (C=O) groups excluding carboxylic acids is 1. The van der Waals surface area contributed by atoms with E-state index in [-0.39, 0.29) is 17.1 Å². The number of ketones is 1. The zero-order chi connectivity index (χ0) is 18.1. The molecule has 3 aromatic rings. The van der Waals surface area contributed by atoms with Crippen molar-refractivity contribution in [2.24, 2.45) is 0 Å². The van der Waals surface area contributed by atoms with E-state index in [1.54, 1.807) is 23.8 Å². The van der Waals surface area contributed by atoms with E-state index < -0.39 is 0 Å². The lowest BCUT2D eigenvalue weighted by Crippen LogP contribution is -2.22.